The van der Waals surface area contributed by atoms with Gasteiger partial charge in [0.2, 0.25) is 0 Å². The van der Waals surface area contributed by atoms with E-state index in [1.54, 1.807) is 18.2 Å². The van der Waals surface area contributed by atoms with E-state index in [1.807, 2.05) is 0 Å². The van der Waals surface area contributed by atoms with E-state index in [4.69, 9.17) is 17.3 Å². The molecule has 0 spiro atoms. The van der Waals surface area contributed by atoms with Crippen LogP contribution in [0.3, 0.4) is 0 Å². The number of rotatable bonds is 10. The fraction of sp³-hybridized carbons (Fsp3) is 0.588. The van der Waals surface area contributed by atoms with E-state index in [2.05, 4.69) is 12.2 Å². The second-order valence-electron chi connectivity index (χ2n) is 5.47. The van der Waals surface area contributed by atoms with Crippen molar-refractivity contribution >= 4 is 23.2 Å². The Morgan fingerprint density at radius 3 is 2.33 bits per heavy atom. The molecular weight excluding hydrogens is 284 g/mol. The van der Waals surface area contributed by atoms with Crippen molar-refractivity contribution in [1.29, 1.82) is 0 Å². The first-order valence-electron chi connectivity index (χ1n) is 7.98. The number of carbonyl (C=O) groups is 1. The van der Waals surface area contributed by atoms with Crippen LogP contribution in [0.5, 0.6) is 0 Å². The summed E-state index contributed by atoms with van der Waals surface area (Å²) in [7, 11) is 0. The molecule has 0 fully saturated rings. The molecule has 0 saturated heterocycles. The largest absolute Gasteiger partial charge is 0.399 e. The first-order chi connectivity index (χ1) is 10.1. The van der Waals surface area contributed by atoms with E-state index in [0.29, 0.717) is 22.8 Å². The van der Waals surface area contributed by atoms with E-state index in [-0.39, 0.29) is 5.91 Å². The molecule has 0 aliphatic heterocycles. The normalized spacial score (nSPS) is 10.6. The summed E-state index contributed by atoms with van der Waals surface area (Å²) < 4.78 is 0. The summed E-state index contributed by atoms with van der Waals surface area (Å²) in [5.41, 5.74) is 6.67. The summed E-state index contributed by atoms with van der Waals surface area (Å²) in [4.78, 5) is 11.9. The Morgan fingerprint density at radius 1 is 1.10 bits per heavy atom. The molecule has 0 bridgehead atoms. The molecule has 0 heterocycles. The standard InChI is InChI=1S/C17H27ClN2O/c1-2-3-4-5-6-7-8-9-12-20-17(21)15-11-10-14(19)13-16(15)18/h10-11,13H,2-9,12,19H2,1H3,(H,20,21). The maximum absolute atomic E-state index is 11.9. The van der Waals surface area contributed by atoms with Crippen LogP contribution >= 0.6 is 11.6 Å². The third-order valence-electron chi connectivity index (χ3n) is 3.55. The zero-order valence-corrected chi connectivity index (χ0v) is 13.7. The number of nitrogens with two attached hydrogens (primary N) is 1. The number of hydrogen-bond acceptors (Lipinski definition) is 2. The molecule has 0 saturated carbocycles. The van der Waals surface area contributed by atoms with Gasteiger partial charge in [-0.15, -0.1) is 0 Å². The predicted molar refractivity (Wildman–Crippen MR) is 90.8 cm³/mol. The number of nitrogens with one attached hydrogen (secondary N) is 1. The summed E-state index contributed by atoms with van der Waals surface area (Å²) in [6.07, 6.45) is 10.1. The molecule has 1 rings (SSSR count). The van der Waals surface area contributed by atoms with Gasteiger partial charge in [0, 0.05) is 12.2 Å². The van der Waals surface area contributed by atoms with Gasteiger partial charge in [0.1, 0.15) is 0 Å². The molecule has 0 aromatic heterocycles. The van der Waals surface area contributed by atoms with E-state index < -0.39 is 0 Å². The molecule has 0 atom stereocenters. The lowest BCUT2D eigenvalue weighted by Crippen LogP contribution is -2.24. The highest BCUT2D eigenvalue weighted by atomic mass is 35.5. The lowest BCUT2D eigenvalue weighted by Gasteiger charge is -2.07. The highest BCUT2D eigenvalue weighted by molar-refractivity contribution is 6.34. The molecule has 0 aliphatic rings. The Kier molecular flexibility index (Phi) is 8.91. The van der Waals surface area contributed by atoms with Gasteiger partial charge in [-0.1, -0.05) is 63.5 Å². The van der Waals surface area contributed by atoms with Crippen molar-refractivity contribution in [2.24, 2.45) is 0 Å². The Balaban J connectivity index is 2.11. The fourth-order valence-corrected chi connectivity index (χ4v) is 2.55. The van der Waals surface area contributed by atoms with Crippen LogP contribution in [0, 0.1) is 0 Å². The average Bonchev–Trinajstić information content (AvgIpc) is 2.45. The van der Waals surface area contributed by atoms with Crippen molar-refractivity contribution in [3.63, 3.8) is 0 Å². The lowest BCUT2D eigenvalue weighted by molar-refractivity contribution is 0.0953. The second kappa shape index (κ2) is 10.5. The molecular formula is C17H27ClN2O. The first kappa shape index (κ1) is 17.8. The fourth-order valence-electron chi connectivity index (χ4n) is 2.27. The number of benzene rings is 1. The van der Waals surface area contributed by atoms with Crippen LogP contribution < -0.4 is 11.1 Å². The average molecular weight is 311 g/mol. The van der Waals surface area contributed by atoms with Crippen LogP contribution in [-0.2, 0) is 0 Å². The first-order valence-corrected chi connectivity index (χ1v) is 8.36. The molecule has 1 aromatic rings. The molecule has 3 nitrogen and oxygen atoms in total. The van der Waals surface area contributed by atoms with Crippen LogP contribution in [-0.4, -0.2) is 12.5 Å². The molecule has 21 heavy (non-hydrogen) atoms. The van der Waals surface area contributed by atoms with Gasteiger partial charge in [0.15, 0.2) is 0 Å². The van der Waals surface area contributed by atoms with Crippen molar-refractivity contribution in [3.8, 4) is 0 Å². The van der Waals surface area contributed by atoms with Gasteiger partial charge >= 0.3 is 0 Å². The highest BCUT2D eigenvalue weighted by Gasteiger charge is 2.09. The zero-order chi connectivity index (χ0) is 15.5. The Hall–Kier alpha value is -1.22. The van der Waals surface area contributed by atoms with Gasteiger partial charge in [-0.05, 0) is 24.6 Å². The van der Waals surface area contributed by atoms with Gasteiger partial charge in [0.05, 0.1) is 10.6 Å². The van der Waals surface area contributed by atoms with E-state index in [1.165, 1.54) is 44.9 Å². The van der Waals surface area contributed by atoms with Gasteiger partial charge in [0.25, 0.3) is 5.91 Å². The van der Waals surface area contributed by atoms with Crippen molar-refractivity contribution in [1.82, 2.24) is 5.32 Å². The van der Waals surface area contributed by atoms with Crippen LogP contribution in [0.2, 0.25) is 5.02 Å². The monoisotopic (exact) mass is 310 g/mol. The number of anilines is 1. The van der Waals surface area contributed by atoms with Crippen molar-refractivity contribution < 1.29 is 4.79 Å². The van der Waals surface area contributed by atoms with Gasteiger partial charge in [-0.25, -0.2) is 0 Å². The minimum atomic E-state index is -0.122. The summed E-state index contributed by atoms with van der Waals surface area (Å²) >= 11 is 6.01. The topological polar surface area (TPSA) is 55.1 Å². The molecule has 3 N–H and O–H groups in total. The molecule has 118 valence electrons. The number of carbonyl (C=O) groups excluding carboxylic acids is 1. The van der Waals surface area contributed by atoms with E-state index >= 15 is 0 Å². The smallest absolute Gasteiger partial charge is 0.252 e. The number of amides is 1. The number of halogens is 1. The van der Waals surface area contributed by atoms with Crippen LogP contribution in [0.1, 0.15) is 68.6 Å². The SMILES string of the molecule is CCCCCCCCCCNC(=O)c1ccc(N)cc1Cl. The maximum Gasteiger partial charge on any atom is 0.252 e. The molecule has 1 amide bonds. The summed E-state index contributed by atoms with van der Waals surface area (Å²) in [5.74, 6) is -0.122. The highest BCUT2D eigenvalue weighted by Crippen LogP contribution is 2.18. The Morgan fingerprint density at radius 2 is 1.71 bits per heavy atom. The third-order valence-corrected chi connectivity index (χ3v) is 3.87. The summed E-state index contributed by atoms with van der Waals surface area (Å²) in [5, 5.41) is 3.31. The van der Waals surface area contributed by atoms with Crippen LogP contribution in [0.15, 0.2) is 18.2 Å². The quantitative estimate of drug-likeness (QED) is 0.482. The van der Waals surface area contributed by atoms with Crippen LogP contribution in [0.4, 0.5) is 5.69 Å². The number of nitrogen functional groups attached to an aromatic ring is 1. The van der Waals surface area contributed by atoms with Gasteiger partial charge in [-0.2, -0.15) is 0 Å². The maximum atomic E-state index is 11.9. The predicted octanol–water partition coefficient (Wildman–Crippen LogP) is 4.79. The van der Waals surface area contributed by atoms with Gasteiger partial charge in [-0.3, -0.25) is 4.79 Å². The summed E-state index contributed by atoms with van der Waals surface area (Å²) in [6, 6.07) is 4.96. The second-order valence-corrected chi connectivity index (χ2v) is 5.88. The minimum absolute atomic E-state index is 0.122. The van der Waals surface area contributed by atoms with E-state index in [0.717, 1.165) is 6.42 Å². The minimum Gasteiger partial charge on any atom is -0.399 e. The van der Waals surface area contributed by atoms with Crippen molar-refractivity contribution in [2.75, 3.05) is 12.3 Å². The number of hydrogen-bond donors (Lipinski definition) is 2. The third kappa shape index (κ3) is 7.37. The Bertz CT molecular complexity index is 435. The van der Waals surface area contributed by atoms with E-state index in [9.17, 15) is 4.79 Å². The lowest BCUT2D eigenvalue weighted by atomic mass is 10.1. The van der Waals surface area contributed by atoms with Crippen LogP contribution in [0.25, 0.3) is 0 Å². The number of unbranched alkanes of at least 4 members (excludes halogenated alkanes) is 7. The molecule has 1 aromatic carbocycles. The molecule has 0 aliphatic carbocycles. The summed E-state index contributed by atoms with van der Waals surface area (Å²) in [6.45, 7) is 2.94. The van der Waals surface area contributed by atoms with Gasteiger partial charge < -0.3 is 11.1 Å². The van der Waals surface area contributed by atoms with Crippen molar-refractivity contribution in [2.45, 2.75) is 58.3 Å². The Labute approximate surface area is 133 Å². The molecule has 0 unspecified atom stereocenters. The molecule has 4 heteroatoms. The van der Waals surface area contributed by atoms with Crippen molar-refractivity contribution in [3.05, 3.63) is 28.8 Å². The molecule has 0 radical (unpaired) electrons. The zero-order valence-electron chi connectivity index (χ0n) is 13.0.